The number of amides is 3. The Labute approximate surface area is 302 Å². The van der Waals surface area contributed by atoms with E-state index in [9.17, 15) is 24.3 Å². The summed E-state index contributed by atoms with van der Waals surface area (Å²) in [6, 6.07) is 16.5. The molecule has 1 aliphatic rings. The summed E-state index contributed by atoms with van der Waals surface area (Å²) in [6.07, 6.45) is 2.46. The third-order valence-corrected chi connectivity index (χ3v) is 9.01. The Morgan fingerprint density at radius 2 is 1.69 bits per heavy atom. The minimum Gasteiger partial charge on any atom is -0.496 e. The molecule has 4 aromatic rings. The van der Waals surface area contributed by atoms with Crippen LogP contribution in [0.25, 0.3) is 22.5 Å². The third kappa shape index (κ3) is 9.92. The fraction of sp³-hybridized carbons (Fsp3) is 0.395. The first kappa shape index (κ1) is 37.5. The standard InChI is InChI=1S/C38H45N7O7/c1-22-18-27(36(48)49)13-16-29(22)30-19-24(8-17-32(30)51-5)20-31(35(47)40-28-14-11-25(12-15-28)33-42-44-45-43-33)41-34(46)26-9-6-23(7-10-26)21-39-37(50)52-38(2,3)4/h8,11-19,23,26,31H,6-7,9-10,20-21H2,1-5H3,(H,39,50)(H,40,47)(H,41,46)(H,48,49)(H,42,43,44,45). The fourth-order valence-electron chi connectivity index (χ4n) is 6.31. The van der Waals surface area contributed by atoms with Gasteiger partial charge in [-0.15, -0.1) is 10.2 Å². The van der Waals surface area contributed by atoms with Gasteiger partial charge in [-0.2, -0.15) is 5.21 Å². The zero-order chi connectivity index (χ0) is 37.4. The van der Waals surface area contributed by atoms with Gasteiger partial charge >= 0.3 is 12.1 Å². The number of aromatic amines is 1. The summed E-state index contributed by atoms with van der Waals surface area (Å²) >= 11 is 0. The van der Waals surface area contributed by atoms with Gasteiger partial charge in [0.05, 0.1) is 12.7 Å². The van der Waals surface area contributed by atoms with Crippen molar-refractivity contribution in [3.63, 3.8) is 0 Å². The van der Waals surface area contributed by atoms with Gasteiger partial charge in [-0.1, -0.05) is 12.1 Å². The van der Waals surface area contributed by atoms with Crippen LogP contribution in [-0.4, -0.2) is 74.9 Å². The zero-order valence-electron chi connectivity index (χ0n) is 30.0. The maximum atomic E-state index is 13.9. The van der Waals surface area contributed by atoms with E-state index in [4.69, 9.17) is 9.47 Å². The number of hydrogen-bond acceptors (Lipinski definition) is 9. The molecule has 52 heavy (non-hydrogen) atoms. The maximum absolute atomic E-state index is 13.9. The summed E-state index contributed by atoms with van der Waals surface area (Å²) in [5.41, 5.74) is 3.87. The molecule has 1 atom stereocenters. The molecule has 3 aromatic carbocycles. The highest BCUT2D eigenvalue weighted by atomic mass is 16.6. The number of alkyl carbamates (subject to hydrolysis) is 1. The Morgan fingerprint density at radius 3 is 2.31 bits per heavy atom. The molecule has 1 aromatic heterocycles. The molecule has 3 amide bonds. The lowest BCUT2D eigenvalue weighted by Crippen LogP contribution is -2.48. The van der Waals surface area contributed by atoms with Crippen LogP contribution >= 0.6 is 0 Å². The number of rotatable bonds is 12. The Hall–Kier alpha value is -5.79. The van der Waals surface area contributed by atoms with E-state index >= 15 is 0 Å². The van der Waals surface area contributed by atoms with Crippen LogP contribution in [0.5, 0.6) is 5.75 Å². The predicted octanol–water partition coefficient (Wildman–Crippen LogP) is 5.55. The van der Waals surface area contributed by atoms with Crippen LogP contribution in [0.1, 0.15) is 67.9 Å². The number of methoxy groups -OCH3 is 1. The van der Waals surface area contributed by atoms with E-state index in [1.54, 1.807) is 55.6 Å². The van der Waals surface area contributed by atoms with Crippen molar-refractivity contribution >= 4 is 29.6 Å². The Bertz CT molecular complexity index is 1880. The number of nitrogens with zero attached hydrogens (tertiary/aromatic N) is 3. The zero-order valence-corrected chi connectivity index (χ0v) is 30.0. The average molecular weight is 712 g/mol. The third-order valence-electron chi connectivity index (χ3n) is 9.01. The van der Waals surface area contributed by atoms with E-state index in [1.807, 2.05) is 39.8 Å². The molecule has 1 heterocycles. The van der Waals surface area contributed by atoms with E-state index in [2.05, 4.69) is 36.6 Å². The van der Waals surface area contributed by atoms with E-state index in [0.29, 0.717) is 42.2 Å². The summed E-state index contributed by atoms with van der Waals surface area (Å²) in [6.45, 7) is 7.74. The Balaban J connectivity index is 1.32. The van der Waals surface area contributed by atoms with Gasteiger partial charge in [0.1, 0.15) is 17.4 Å². The normalized spacial score (nSPS) is 16.3. The topological polar surface area (TPSA) is 198 Å². The summed E-state index contributed by atoms with van der Waals surface area (Å²) in [5.74, 6) is -0.687. The van der Waals surface area contributed by atoms with E-state index < -0.39 is 29.6 Å². The van der Waals surface area contributed by atoms with Crippen molar-refractivity contribution in [1.82, 2.24) is 31.3 Å². The van der Waals surface area contributed by atoms with Gasteiger partial charge in [0, 0.05) is 35.7 Å². The van der Waals surface area contributed by atoms with Gasteiger partial charge in [-0.05, 0) is 130 Å². The number of aromatic nitrogens is 4. The summed E-state index contributed by atoms with van der Waals surface area (Å²) in [4.78, 5) is 51.3. The van der Waals surface area contributed by atoms with Crippen molar-refractivity contribution in [2.45, 2.75) is 71.4 Å². The molecule has 1 aliphatic carbocycles. The molecule has 0 saturated heterocycles. The van der Waals surface area contributed by atoms with Crippen molar-refractivity contribution in [2.75, 3.05) is 19.0 Å². The minimum atomic E-state index is -1.02. The van der Waals surface area contributed by atoms with E-state index in [-0.39, 0.29) is 29.7 Å². The minimum absolute atomic E-state index is 0.175. The lowest BCUT2D eigenvalue weighted by molar-refractivity contribution is -0.130. The first-order chi connectivity index (χ1) is 24.8. The fourth-order valence-corrected chi connectivity index (χ4v) is 6.31. The van der Waals surface area contributed by atoms with Crippen LogP contribution in [-0.2, 0) is 20.7 Å². The second-order valence-electron chi connectivity index (χ2n) is 14.0. The molecule has 0 bridgehead atoms. The second-order valence-corrected chi connectivity index (χ2v) is 14.0. The molecular formula is C38H45N7O7. The molecule has 1 saturated carbocycles. The molecule has 1 fully saturated rings. The summed E-state index contributed by atoms with van der Waals surface area (Å²) < 4.78 is 11.0. The number of anilines is 1. The predicted molar refractivity (Wildman–Crippen MR) is 194 cm³/mol. The van der Waals surface area contributed by atoms with Crippen molar-refractivity contribution in [2.24, 2.45) is 11.8 Å². The van der Waals surface area contributed by atoms with Gasteiger partial charge in [-0.3, -0.25) is 9.59 Å². The first-order valence-electron chi connectivity index (χ1n) is 17.2. The average Bonchev–Trinajstić information content (AvgIpc) is 3.65. The molecule has 1 unspecified atom stereocenters. The molecule has 0 radical (unpaired) electrons. The lowest BCUT2D eigenvalue weighted by Gasteiger charge is -2.29. The van der Waals surface area contributed by atoms with Gasteiger partial charge in [-0.25, -0.2) is 9.59 Å². The van der Waals surface area contributed by atoms with Gasteiger partial charge in [0.15, 0.2) is 0 Å². The van der Waals surface area contributed by atoms with Crippen LogP contribution in [0.2, 0.25) is 0 Å². The number of carbonyl (C=O) groups excluding carboxylic acids is 3. The lowest BCUT2D eigenvalue weighted by atomic mass is 9.81. The monoisotopic (exact) mass is 711 g/mol. The SMILES string of the molecule is COc1ccc(CC(NC(=O)C2CCC(CNC(=O)OC(C)(C)C)CC2)C(=O)Nc2ccc(-c3nn[nH]n3)cc2)cc1-c1ccc(C(=O)O)cc1C. The number of carboxylic acids is 1. The summed E-state index contributed by atoms with van der Waals surface area (Å²) in [7, 11) is 1.56. The molecule has 14 nitrogen and oxygen atoms in total. The molecule has 0 spiro atoms. The number of nitrogens with one attached hydrogen (secondary N) is 4. The van der Waals surface area contributed by atoms with Crippen molar-refractivity contribution < 1.29 is 33.8 Å². The van der Waals surface area contributed by atoms with Crippen LogP contribution < -0.4 is 20.7 Å². The number of benzene rings is 3. The second kappa shape index (κ2) is 16.5. The highest BCUT2D eigenvalue weighted by Gasteiger charge is 2.30. The van der Waals surface area contributed by atoms with Crippen LogP contribution in [0.4, 0.5) is 10.5 Å². The van der Waals surface area contributed by atoms with E-state index in [0.717, 1.165) is 35.1 Å². The van der Waals surface area contributed by atoms with Crippen LogP contribution in [0, 0.1) is 18.8 Å². The number of carbonyl (C=O) groups is 4. The maximum Gasteiger partial charge on any atom is 0.407 e. The van der Waals surface area contributed by atoms with Crippen LogP contribution in [0.15, 0.2) is 60.7 Å². The largest absolute Gasteiger partial charge is 0.496 e. The molecule has 0 aliphatic heterocycles. The highest BCUT2D eigenvalue weighted by molar-refractivity contribution is 5.98. The summed E-state index contributed by atoms with van der Waals surface area (Å²) in [5, 5.41) is 32.2. The number of ether oxygens (including phenoxy) is 2. The number of carboxylic acid groups (broad SMARTS) is 1. The number of aryl methyl sites for hydroxylation is 1. The molecule has 274 valence electrons. The molecule has 5 rings (SSSR count). The number of H-pyrrole nitrogens is 1. The van der Waals surface area contributed by atoms with Gasteiger partial charge in [0.25, 0.3) is 0 Å². The quantitative estimate of drug-likeness (QED) is 0.124. The van der Waals surface area contributed by atoms with Crippen molar-refractivity contribution in [3.05, 3.63) is 77.4 Å². The first-order valence-corrected chi connectivity index (χ1v) is 17.2. The molecular weight excluding hydrogens is 666 g/mol. The number of tetrazole rings is 1. The number of hydrogen-bond donors (Lipinski definition) is 5. The van der Waals surface area contributed by atoms with Crippen LogP contribution in [0.3, 0.4) is 0 Å². The Kier molecular flexibility index (Phi) is 11.9. The number of aromatic carboxylic acids is 1. The molecule has 5 N–H and O–H groups in total. The Morgan fingerprint density at radius 1 is 0.962 bits per heavy atom. The molecule has 14 heteroatoms. The van der Waals surface area contributed by atoms with E-state index in [1.165, 1.54) is 0 Å². The van der Waals surface area contributed by atoms with Gasteiger partial charge in [0.2, 0.25) is 17.6 Å². The van der Waals surface area contributed by atoms with Crippen molar-refractivity contribution in [3.8, 4) is 28.3 Å². The smallest absolute Gasteiger partial charge is 0.407 e. The van der Waals surface area contributed by atoms with Crippen molar-refractivity contribution in [1.29, 1.82) is 0 Å². The van der Waals surface area contributed by atoms with Gasteiger partial charge < -0.3 is 30.5 Å². The highest BCUT2D eigenvalue weighted by Crippen LogP contribution is 2.34.